The number of ether oxygens (including phenoxy) is 1. The molecule has 3 aromatic rings. The van der Waals surface area contributed by atoms with Gasteiger partial charge in [0.05, 0.1) is 18.4 Å². The molecular formula is C18H15F3N4O2S2. The minimum absolute atomic E-state index is 0.00596. The summed E-state index contributed by atoms with van der Waals surface area (Å²) in [4.78, 5) is 20.1. The highest BCUT2D eigenvalue weighted by molar-refractivity contribution is 8.00. The van der Waals surface area contributed by atoms with Crippen LogP contribution in [0.5, 0.6) is 0 Å². The number of nitrogens with zero attached hydrogens (tertiary/aromatic N) is 2. The van der Waals surface area contributed by atoms with Crippen LogP contribution in [0.1, 0.15) is 15.2 Å². The number of thioether (sulfide) groups is 1. The maximum Gasteiger partial charge on any atom is 0.419 e. The number of esters is 1. The van der Waals surface area contributed by atoms with Gasteiger partial charge < -0.3 is 15.4 Å². The number of thiazole rings is 1. The second kappa shape index (κ2) is 8.70. The molecule has 0 aliphatic carbocycles. The van der Waals surface area contributed by atoms with E-state index in [9.17, 15) is 18.0 Å². The van der Waals surface area contributed by atoms with Crippen molar-refractivity contribution in [2.45, 2.75) is 10.5 Å². The summed E-state index contributed by atoms with van der Waals surface area (Å²) < 4.78 is 45.7. The fourth-order valence-corrected chi connectivity index (χ4v) is 3.79. The lowest BCUT2D eigenvalue weighted by molar-refractivity contribution is -0.137. The van der Waals surface area contributed by atoms with Crippen molar-refractivity contribution in [1.29, 1.82) is 0 Å². The van der Waals surface area contributed by atoms with Crippen molar-refractivity contribution in [3.8, 4) is 0 Å². The highest BCUT2D eigenvalue weighted by Gasteiger charge is 2.35. The first kappa shape index (κ1) is 20.9. The lowest BCUT2D eigenvalue weighted by Crippen LogP contribution is -2.11. The van der Waals surface area contributed by atoms with E-state index in [0.717, 1.165) is 17.5 Å². The molecule has 0 saturated carbocycles. The molecule has 0 spiro atoms. The Bertz CT molecular complexity index is 1010. The molecule has 0 saturated heterocycles. The fraction of sp³-hybridized carbons (Fsp3) is 0.167. The zero-order valence-electron chi connectivity index (χ0n) is 15.2. The van der Waals surface area contributed by atoms with Gasteiger partial charge in [-0.15, -0.1) is 0 Å². The Morgan fingerprint density at radius 2 is 1.93 bits per heavy atom. The van der Waals surface area contributed by atoms with Gasteiger partial charge in [-0.05, 0) is 18.4 Å². The molecule has 0 unspecified atom stereocenters. The lowest BCUT2D eigenvalue weighted by Gasteiger charge is -2.15. The fourth-order valence-electron chi connectivity index (χ4n) is 2.35. The van der Waals surface area contributed by atoms with Crippen LogP contribution in [0.25, 0.3) is 0 Å². The molecule has 1 aromatic carbocycles. The van der Waals surface area contributed by atoms with Crippen LogP contribution >= 0.6 is 23.1 Å². The van der Waals surface area contributed by atoms with Gasteiger partial charge in [0.25, 0.3) is 0 Å². The van der Waals surface area contributed by atoms with Crippen molar-refractivity contribution < 1.29 is 22.7 Å². The van der Waals surface area contributed by atoms with Crippen LogP contribution in [0.15, 0.2) is 46.9 Å². The van der Waals surface area contributed by atoms with Crippen LogP contribution in [-0.4, -0.2) is 29.3 Å². The first-order valence-corrected chi connectivity index (χ1v) is 10.2. The Morgan fingerprint density at radius 3 is 2.55 bits per heavy atom. The molecular weight excluding hydrogens is 425 g/mol. The second-order valence-electron chi connectivity index (χ2n) is 5.58. The molecule has 2 heterocycles. The van der Waals surface area contributed by atoms with Crippen molar-refractivity contribution in [3.05, 3.63) is 53.0 Å². The quantitative estimate of drug-likeness (QED) is 0.384. The molecule has 152 valence electrons. The highest BCUT2D eigenvalue weighted by atomic mass is 32.2. The number of carbonyl (C=O) groups is 1. The molecule has 2 N–H and O–H groups in total. The predicted molar refractivity (Wildman–Crippen MR) is 107 cm³/mol. The zero-order valence-corrected chi connectivity index (χ0v) is 16.8. The number of alkyl halides is 3. The van der Waals surface area contributed by atoms with Crippen LogP contribution in [-0.2, 0) is 10.9 Å². The van der Waals surface area contributed by atoms with Crippen molar-refractivity contribution in [2.75, 3.05) is 24.0 Å². The zero-order chi connectivity index (χ0) is 21.0. The average molecular weight is 440 g/mol. The predicted octanol–water partition coefficient (Wildman–Crippen LogP) is 5.55. The minimum Gasteiger partial charge on any atom is -0.465 e. The molecule has 0 aliphatic heterocycles. The highest BCUT2D eigenvalue weighted by Crippen LogP contribution is 2.39. The number of rotatable bonds is 6. The van der Waals surface area contributed by atoms with Gasteiger partial charge in [0.1, 0.15) is 5.82 Å². The number of aromatic nitrogens is 2. The van der Waals surface area contributed by atoms with Crippen LogP contribution in [0.4, 0.5) is 36.2 Å². The smallest absolute Gasteiger partial charge is 0.419 e. The van der Waals surface area contributed by atoms with Crippen molar-refractivity contribution >= 4 is 52.1 Å². The molecule has 0 radical (unpaired) electrons. The van der Waals surface area contributed by atoms with E-state index < -0.39 is 17.7 Å². The third-order valence-corrected chi connectivity index (χ3v) is 5.68. The van der Waals surface area contributed by atoms with E-state index in [2.05, 4.69) is 20.6 Å². The van der Waals surface area contributed by atoms with Crippen LogP contribution in [0.3, 0.4) is 0 Å². The maximum atomic E-state index is 13.5. The SMILES string of the molecule is COC(=O)c1sc(SC)nc1Nc1cc(Nc2ccccc2)ncc1C(F)(F)F. The summed E-state index contributed by atoms with van der Waals surface area (Å²) in [5, 5.41) is 5.57. The molecule has 0 amide bonds. The van der Waals surface area contributed by atoms with E-state index in [0.29, 0.717) is 10.0 Å². The van der Waals surface area contributed by atoms with Gasteiger partial charge in [-0.3, -0.25) is 0 Å². The van der Waals surface area contributed by atoms with E-state index in [1.54, 1.807) is 30.5 Å². The number of hydrogen-bond acceptors (Lipinski definition) is 8. The maximum absolute atomic E-state index is 13.5. The number of nitrogens with one attached hydrogen (secondary N) is 2. The number of benzene rings is 1. The number of pyridine rings is 1. The van der Waals surface area contributed by atoms with Gasteiger partial charge in [-0.25, -0.2) is 14.8 Å². The van der Waals surface area contributed by atoms with Gasteiger partial charge in [-0.2, -0.15) is 13.2 Å². The minimum atomic E-state index is -4.65. The number of carbonyl (C=O) groups excluding carboxylic acids is 1. The molecule has 11 heteroatoms. The van der Waals surface area contributed by atoms with Gasteiger partial charge in [0.15, 0.2) is 15.0 Å². The Balaban J connectivity index is 2.01. The van der Waals surface area contributed by atoms with E-state index in [1.165, 1.54) is 24.9 Å². The first-order chi connectivity index (χ1) is 13.8. The van der Waals surface area contributed by atoms with Crippen molar-refractivity contribution in [2.24, 2.45) is 0 Å². The van der Waals surface area contributed by atoms with E-state index >= 15 is 0 Å². The van der Waals surface area contributed by atoms with E-state index in [-0.39, 0.29) is 22.2 Å². The number of halogens is 3. The molecule has 0 fully saturated rings. The molecule has 2 aromatic heterocycles. The largest absolute Gasteiger partial charge is 0.465 e. The Morgan fingerprint density at radius 1 is 1.21 bits per heavy atom. The summed E-state index contributed by atoms with van der Waals surface area (Å²) in [7, 11) is 1.19. The normalized spacial score (nSPS) is 11.2. The number of hydrogen-bond donors (Lipinski definition) is 2. The number of para-hydroxylation sites is 1. The van der Waals surface area contributed by atoms with Crippen LogP contribution < -0.4 is 10.6 Å². The summed E-state index contributed by atoms with van der Waals surface area (Å²) >= 11 is 2.30. The molecule has 0 atom stereocenters. The Hall–Kier alpha value is -2.79. The van der Waals surface area contributed by atoms with Gasteiger partial charge in [0.2, 0.25) is 0 Å². The lowest BCUT2D eigenvalue weighted by atomic mass is 10.2. The Labute approximate surface area is 172 Å². The Kier molecular flexibility index (Phi) is 6.28. The first-order valence-electron chi connectivity index (χ1n) is 8.11. The third kappa shape index (κ3) is 4.98. The molecule has 0 bridgehead atoms. The average Bonchev–Trinajstić information content (AvgIpc) is 3.10. The molecule has 6 nitrogen and oxygen atoms in total. The summed E-state index contributed by atoms with van der Waals surface area (Å²) in [5.41, 5.74) is -0.598. The standard InChI is InChI=1S/C18H15F3N4O2S2/c1-27-16(26)14-15(25-17(28-2)29-14)24-12-8-13(22-9-11(12)18(19,20)21)23-10-6-4-3-5-7-10/h3-9H,1-2H3,(H2,22,23,24). The monoisotopic (exact) mass is 440 g/mol. The second-order valence-corrected chi connectivity index (χ2v) is 7.63. The van der Waals surface area contributed by atoms with E-state index in [1.807, 2.05) is 6.07 Å². The summed E-state index contributed by atoms with van der Waals surface area (Å²) in [6.07, 6.45) is -2.17. The summed E-state index contributed by atoms with van der Waals surface area (Å²) in [6, 6.07) is 10.1. The third-order valence-electron chi connectivity index (χ3n) is 3.66. The topological polar surface area (TPSA) is 76.1 Å². The van der Waals surface area contributed by atoms with Crippen LogP contribution in [0, 0.1) is 0 Å². The van der Waals surface area contributed by atoms with E-state index in [4.69, 9.17) is 4.74 Å². The molecule has 3 rings (SSSR count). The molecule has 0 aliphatic rings. The molecule has 29 heavy (non-hydrogen) atoms. The van der Waals surface area contributed by atoms with Crippen molar-refractivity contribution in [1.82, 2.24) is 9.97 Å². The van der Waals surface area contributed by atoms with Gasteiger partial charge in [0, 0.05) is 18.0 Å². The van der Waals surface area contributed by atoms with Crippen molar-refractivity contribution in [3.63, 3.8) is 0 Å². The number of methoxy groups -OCH3 is 1. The number of anilines is 4. The van der Waals surface area contributed by atoms with Gasteiger partial charge >= 0.3 is 12.1 Å². The summed E-state index contributed by atoms with van der Waals surface area (Å²) in [5.74, 6) is -0.490. The van der Waals surface area contributed by atoms with Gasteiger partial charge in [-0.1, -0.05) is 41.3 Å². The summed E-state index contributed by atoms with van der Waals surface area (Å²) in [6.45, 7) is 0. The van der Waals surface area contributed by atoms with Crippen LogP contribution in [0.2, 0.25) is 0 Å².